The third-order valence-electron chi connectivity index (χ3n) is 2.99. The lowest BCUT2D eigenvalue weighted by atomic mass is 10.3. The van der Waals surface area contributed by atoms with E-state index in [1.165, 1.54) is 12.1 Å². The molecule has 102 valence electrons. The maximum absolute atomic E-state index is 12.9. The number of amidine groups is 1. The van der Waals surface area contributed by atoms with Crippen molar-refractivity contribution in [2.75, 3.05) is 12.3 Å². The molecule has 1 aliphatic heterocycles. The van der Waals surface area contributed by atoms with E-state index >= 15 is 0 Å². The molecular formula is C15H14FN3S. The maximum atomic E-state index is 12.9. The quantitative estimate of drug-likeness (QED) is 0.865. The van der Waals surface area contributed by atoms with Crippen LogP contribution in [-0.2, 0) is 6.54 Å². The number of pyridine rings is 1. The van der Waals surface area contributed by atoms with Crippen LogP contribution in [0.1, 0.15) is 5.69 Å². The lowest BCUT2D eigenvalue weighted by Gasteiger charge is -2.17. The van der Waals surface area contributed by atoms with Crippen LogP contribution in [0.5, 0.6) is 0 Å². The molecule has 0 bridgehead atoms. The number of aromatic nitrogens is 1. The van der Waals surface area contributed by atoms with Crippen LogP contribution >= 0.6 is 11.8 Å². The second-order valence-electron chi connectivity index (χ2n) is 4.46. The molecule has 20 heavy (non-hydrogen) atoms. The Morgan fingerprint density at radius 3 is 2.80 bits per heavy atom. The minimum absolute atomic E-state index is 0.238. The van der Waals surface area contributed by atoms with Crippen molar-refractivity contribution >= 4 is 22.6 Å². The van der Waals surface area contributed by atoms with Gasteiger partial charge in [0, 0.05) is 18.5 Å². The smallest absolute Gasteiger partial charge is 0.164 e. The van der Waals surface area contributed by atoms with E-state index in [1.807, 2.05) is 18.2 Å². The van der Waals surface area contributed by atoms with Crippen molar-refractivity contribution < 1.29 is 4.39 Å². The predicted molar refractivity (Wildman–Crippen MR) is 80.6 cm³/mol. The molecule has 0 spiro atoms. The molecule has 3 nitrogen and oxygen atoms in total. The lowest BCUT2D eigenvalue weighted by Crippen LogP contribution is -2.24. The SMILES string of the molecule is Fc1ccc(N=C2SCCN2Cc2ccccn2)cc1. The Labute approximate surface area is 121 Å². The summed E-state index contributed by atoms with van der Waals surface area (Å²) in [5, 5.41) is 0.974. The van der Waals surface area contributed by atoms with Crippen LogP contribution in [-0.4, -0.2) is 27.3 Å². The van der Waals surface area contributed by atoms with Crippen LogP contribution in [0.25, 0.3) is 0 Å². The van der Waals surface area contributed by atoms with E-state index in [2.05, 4.69) is 14.9 Å². The first-order chi connectivity index (χ1) is 9.81. The highest BCUT2D eigenvalue weighted by molar-refractivity contribution is 8.14. The molecule has 2 heterocycles. The van der Waals surface area contributed by atoms with Gasteiger partial charge in [0.1, 0.15) is 5.82 Å². The van der Waals surface area contributed by atoms with E-state index in [4.69, 9.17) is 0 Å². The minimum atomic E-state index is -0.238. The van der Waals surface area contributed by atoms with Gasteiger partial charge in [0.15, 0.2) is 5.17 Å². The summed E-state index contributed by atoms with van der Waals surface area (Å²) in [6, 6.07) is 12.2. The molecule has 0 radical (unpaired) electrons. The van der Waals surface area contributed by atoms with Crippen molar-refractivity contribution in [2.45, 2.75) is 6.54 Å². The van der Waals surface area contributed by atoms with Gasteiger partial charge in [-0.05, 0) is 36.4 Å². The second-order valence-corrected chi connectivity index (χ2v) is 5.52. The summed E-state index contributed by atoms with van der Waals surface area (Å²) >= 11 is 1.72. The molecule has 1 aromatic carbocycles. The summed E-state index contributed by atoms with van der Waals surface area (Å²) in [5.74, 6) is 0.783. The first-order valence-corrected chi connectivity index (χ1v) is 7.42. The summed E-state index contributed by atoms with van der Waals surface area (Å²) in [4.78, 5) is 11.1. The van der Waals surface area contributed by atoms with Crippen molar-refractivity contribution in [3.8, 4) is 0 Å². The van der Waals surface area contributed by atoms with E-state index in [-0.39, 0.29) is 5.82 Å². The van der Waals surface area contributed by atoms with Crippen molar-refractivity contribution in [3.05, 3.63) is 60.2 Å². The molecule has 3 rings (SSSR count). The van der Waals surface area contributed by atoms with Crippen LogP contribution < -0.4 is 0 Å². The zero-order valence-electron chi connectivity index (χ0n) is 10.9. The number of thioether (sulfide) groups is 1. The highest BCUT2D eigenvalue weighted by Gasteiger charge is 2.19. The van der Waals surface area contributed by atoms with Gasteiger partial charge in [0.05, 0.1) is 17.9 Å². The fourth-order valence-electron chi connectivity index (χ4n) is 2.00. The highest BCUT2D eigenvalue weighted by atomic mass is 32.2. The van der Waals surface area contributed by atoms with Crippen molar-refractivity contribution in [1.29, 1.82) is 0 Å². The third kappa shape index (κ3) is 3.17. The summed E-state index contributed by atoms with van der Waals surface area (Å²) in [6.07, 6.45) is 1.80. The Hall–Kier alpha value is -1.88. The number of rotatable bonds is 3. The number of hydrogen-bond acceptors (Lipinski definition) is 3. The van der Waals surface area contributed by atoms with Crippen LogP contribution in [0, 0.1) is 5.82 Å². The van der Waals surface area contributed by atoms with E-state index < -0.39 is 0 Å². The fraction of sp³-hybridized carbons (Fsp3) is 0.200. The monoisotopic (exact) mass is 287 g/mol. The summed E-state index contributed by atoms with van der Waals surface area (Å²) in [7, 11) is 0. The van der Waals surface area contributed by atoms with E-state index in [9.17, 15) is 4.39 Å². The molecule has 1 aliphatic rings. The molecule has 5 heteroatoms. The summed E-state index contributed by atoms with van der Waals surface area (Å²) < 4.78 is 12.9. The Kier molecular flexibility index (Phi) is 3.97. The normalized spacial score (nSPS) is 16.9. The molecule has 0 unspecified atom stereocenters. The highest BCUT2D eigenvalue weighted by Crippen LogP contribution is 2.24. The molecule has 0 atom stereocenters. The van der Waals surface area contributed by atoms with Gasteiger partial charge in [-0.2, -0.15) is 0 Å². The molecule has 0 saturated carbocycles. The number of hydrogen-bond donors (Lipinski definition) is 0. The Morgan fingerprint density at radius 2 is 2.05 bits per heavy atom. The van der Waals surface area contributed by atoms with Gasteiger partial charge < -0.3 is 4.90 Å². The molecule has 0 aliphatic carbocycles. The summed E-state index contributed by atoms with van der Waals surface area (Å²) in [6.45, 7) is 1.72. The lowest BCUT2D eigenvalue weighted by molar-refractivity contribution is 0.450. The van der Waals surface area contributed by atoms with Crippen molar-refractivity contribution in [1.82, 2.24) is 9.88 Å². The zero-order valence-corrected chi connectivity index (χ0v) is 11.7. The van der Waals surface area contributed by atoms with Gasteiger partial charge in [-0.25, -0.2) is 9.38 Å². The van der Waals surface area contributed by atoms with Gasteiger partial charge in [0.25, 0.3) is 0 Å². The van der Waals surface area contributed by atoms with E-state index in [0.717, 1.165) is 35.4 Å². The van der Waals surface area contributed by atoms with E-state index in [0.29, 0.717) is 0 Å². The summed E-state index contributed by atoms with van der Waals surface area (Å²) in [5.41, 5.74) is 1.81. The van der Waals surface area contributed by atoms with Gasteiger partial charge in [-0.3, -0.25) is 4.98 Å². The van der Waals surface area contributed by atoms with Gasteiger partial charge in [-0.15, -0.1) is 0 Å². The largest absolute Gasteiger partial charge is 0.344 e. The average molecular weight is 287 g/mol. The van der Waals surface area contributed by atoms with Crippen LogP contribution in [0.4, 0.5) is 10.1 Å². The molecule has 1 aromatic heterocycles. The average Bonchev–Trinajstić information content (AvgIpc) is 2.90. The topological polar surface area (TPSA) is 28.5 Å². The Morgan fingerprint density at radius 1 is 1.20 bits per heavy atom. The van der Waals surface area contributed by atoms with Crippen molar-refractivity contribution in [2.24, 2.45) is 4.99 Å². The number of nitrogens with zero attached hydrogens (tertiary/aromatic N) is 3. The zero-order chi connectivity index (χ0) is 13.8. The van der Waals surface area contributed by atoms with Crippen LogP contribution in [0.15, 0.2) is 53.7 Å². The Balaban J connectivity index is 1.76. The third-order valence-corrected chi connectivity index (χ3v) is 3.99. The van der Waals surface area contributed by atoms with Crippen LogP contribution in [0.3, 0.4) is 0 Å². The standard InChI is InChI=1S/C15H14FN3S/c16-12-4-6-13(7-5-12)18-15-19(9-10-20-15)11-14-3-1-2-8-17-14/h1-8H,9-11H2. The molecule has 1 saturated heterocycles. The molecule has 0 N–H and O–H groups in total. The second kappa shape index (κ2) is 6.05. The minimum Gasteiger partial charge on any atom is -0.344 e. The Bertz CT molecular complexity index is 598. The molecule has 2 aromatic rings. The van der Waals surface area contributed by atoms with Gasteiger partial charge >= 0.3 is 0 Å². The van der Waals surface area contributed by atoms with E-state index in [1.54, 1.807) is 30.1 Å². The molecule has 0 amide bonds. The van der Waals surface area contributed by atoms with Crippen LogP contribution in [0.2, 0.25) is 0 Å². The first kappa shape index (κ1) is 13.1. The van der Waals surface area contributed by atoms with Gasteiger partial charge in [-0.1, -0.05) is 17.8 Å². The number of halogens is 1. The van der Waals surface area contributed by atoms with Crippen molar-refractivity contribution in [3.63, 3.8) is 0 Å². The number of benzene rings is 1. The fourth-order valence-corrected chi connectivity index (χ4v) is 3.00. The maximum Gasteiger partial charge on any atom is 0.164 e. The number of aliphatic imine (C=N–C) groups is 1. The first-order valence-electron chi connectivity index (χ1n) is 6.43. The predicted octanol–water partition coefficient (Wildman–Crippen LogP) is 3.46. The van der Waals surface area contributed by atoms with Gasteiger partial charge in [0.2, 0.25) is 0 Å². The molecule has 1 fully saturated rings. The molecular weight excluding hydrogens is 273 g/mol.